The summed E-state index contributed by atoms with van der Waals surface area (Å²) >= 11 is 1.82. The van der Waals surface area contributed by atoms with Gasteiger partial charge in [0.2, 0.25) is 0 Å². The molecule has 2 atom stereocenters. The first-order chi connectivity index (χ1) is 14.3. The molecule has 0 spiro atoms. The van der Waals surface area contributed by atoms with Gasteiger partial charge in [0.25, 0.3) is 0 Å². The Morgan fingerprint density at radius 3 is 2.79 bits per heavy atom. The van der Waals surface area contributed by atoms with Crippen molar-refractivity contribution in [1.29, 1.82) is 0 Å². The van der Waals surface area contributed by atoms with E-state index in [9.17, 15) is 0 Å². The average molecular weight is 403 g/mol. The number of benzene rings is 2. The molecule has 2 nitrogen and oxygen atoms in total. The van der Waals surface area contributed by atoms with Gasteiger partial charge in [0.05, 0.1) is 0 Å². The summed E-state index contributed by atoms with van der Waals surface area (Å²) in [6.45, 7) is 1.00. The molecule has 1 aromatic heterocycles. The van der Waals surface area contributed by atoms with E-state index in [-0.39, 0.29) is 0 Å². The van der Waals surface area contributed by atoms with Crippen LogP contribution in [0.1, 0.15) is 42.5 Å². The molecule has 3 aromatic rings. The molecule has 1 aliphatic heterocycles. The van der Waals surface area contributed by atoms with Crippen LogP contribution in [-0.2, 0) is 12.8 Å². The molecule has 2 unspecified atom stereocenters. The second-order valence-electron chi connectivity index (χ2n) is 8.58. The lowest BCUT2D eigenvalue weighted by atomic mass is 9.82. The molecule has 0 fully saturated rings. The Morgan fingerprint density at radius 2 is 1.93 bits per heavy atom. The molecule has 2 N–H and O–H groups in total. The Morgan fingerprint density at radius 1 is 1.03 bits per heavy atom. The topological polar surface area (TPSA) is 27.8 Å². The Balaban J connectivity index is 1.22. The minimum absolute atomic E-state index is 0.615. The number of hydrogen-bond acceptors (Lipinski definition) is 2. The van der Waals surface area contributed by atoms with E-state index in [0.717, 1.165) is 18.9 Å². The van der Waals surface area contributed by atoms with E-state index in [1.807, 2.05) is 11.8 Å². The molecule has 0 bridgehead atoms. The van der Waals surface area contributed by atoms with Crippen molar-refractivity contribution in [1.82, 2.24) is 10.3 Å². The summed E-state index contributed by atoms with van der Waals surface area (Å²) in [7, 11) is 0. The normalized spacial score (nSPS) is 21.8. The van der Waals surface area contributed by atoms with Crippen molar-refractivity contribution in [3.63, 3.8) is 0 Å². The zero-order chi connectivity index (χ0) is 19.6. The molecule has 5 rings (SSSR count). The van der Waals surface area contributed by atoms with Gasteiger partial charge in [0, 0.05) is 34.1 Å². The number of nitrogens with one attached hydrogen (secondary N) is 2. The Hall–Kier alpha value is -1.97. The van der Waals surface area contributed by atoms with Crippen molar-refractivity contribution in [2.24, 2.45) is 5.92 Å². The Bertz CT molecular complexity index is 1020. The molecule has 29 heavy (non-hydrogen) atoms. The van der Waals surface area contributed by atoms with Crippen LogP contribution in [0.5, 0.6) is 0 Å². The fourth-order valence-electron chi connectivity index (χ4n) is 5.15. The third-order valence-electron chi connectivity index (χ3n) is 6.79. The number of hydrogen-bond donors (Lipinski definition) is 2. The molecule has 2 aromatic carbocycles. The minimum Gasteiger partial charge on any atom is -0.358 e. The van der Waals surface area contributed by atoms with Crippen LogP contribution >= 0.6 is 11.8 Å². The lowest BCUT2D eigenvalue weighted by molar-refractivity contribution is 0.374. The Kier molecular flexibility index (Phi) is 5.52. The van der Waals surface area contributed by atoms with Crippen LogP contribution < -0.4 is 5.32 Å². The monoisotopic (exact) mass is 402 g/mol. The smallest absolute Gasteiger partial charge is 0.0470 e. The Labute approximate surface area is 178 Å². The maximum atomic E-state index is 3.73. The lowest BCUT2D eigenvalue weighted by Gasteiger charge is -2.28. The van der Waals surface area contributed by atoms with Crippen molar-refractivity contribution in [3.8, 4) is 0 Å². The number of aryl methyl sites for hydroxylation is 1. The zero-order valence-electron chi connectivity index (χ0n) is 17.2. The first-order valence-electron chi connectivity index (χ1n) is 11.0. The highest BCUT2D eigenvalue weighted by Crippen LogP contribution is 2.35. The number of fused-ring (bicyclic) bond motifs is 3. The molecular formula is C26H30N2S. The summed E-state index contributed by atoms with van der Waals surface area (Å²) in [5.74, 6) is 0.814. The standard InChI is InChI=1S/C26H30N2S/c1-29-22-10-11-23-24-15-18(8-12-25(24)28-26(23)17-22)7-9-21-16-20(13-14-27-21)19-5-3-2-4-6-19/h2-6,10-11,13,17-18,21,27-28H,7-9,12,14-16H2,1H3. The molecule has 0 saturated heterocycles. The van der Waals surface area contributed by atoms with Crippen LogP contribution in [0, 0.1) is 5.92 Å². The van der Waals surface area contributed by atoms with E-state index in [1.54, 1.807) is 5.56 Å². The number of aromatic amines is 1. The first kappa shape index (κ1) is 19.0. The van der Waals surface area contributed by atoms with Crippen LogP contribution in [0.2, 0.25) is 0 Å². The summed E-state index contributed by atoms with van der Waals surface area (Å²) < 4.78 is 0. The van der Waals surface area contributed by atoms with E-state index >= 15 is 0 Å². The third-order valence-corrected chi connectivity index (χ3v) is 7.51. The van der Waals surface area contributed by atoms with Gasteiger partial charge in [-0.25, -0.2) is 0 Å². The van der Waals surface area contributed by atoms with Gasteiger partial charge < -0.3 is 10.3 Å². The fraction of sp³-hybridized carbons (Fsp3) is 0.385. The van der Waals surface area contributed by atoms with Gasteiger partial charge in [-0.2, -0.15) is 0 Å². The summed E-state index contributed by atoms with van der Waals surface area (Å²) in [4.78, 5) is 5.05. The molecular weight excluding hydrogens is 372 g/mol. The maximum Gasteiger partial charge on any atom is 0.0470 e. The quantitative estimate of drug-likeness (QED) is 0.496. The van der Waals surface area contributed by atoms with E-state index in [2.05, 4.69) is 71.2 Å². The van der Waals surface area contributed by atoms with Crippen LogP contribution in [0.25, 0.3) is 16.5 Å². The first-order valence-corrected chi connectivity index (χ1v) is 12.2. The largest absolute Gasteiger partial charge is 0.358 e. The van der Waals surface area contributed by atoms with Gasteiger partial charge in [0.1, 0.15) is 0 Å². The molecule has 150 valence electrons. The number of rotatable bonds is 5. The van der Waals surface area contributed by atoms with Gasteiger partial charge in [-0.05, 0) is 79.5 Å². The van der Waals surface area contributed by atoms with Gasteiger partial charge in [-0.15, -0.1) is 11.8 Å². The maximum absolute atomic E-state index is 3.73. The second-order valence-corrected chi connectivity index (χ2v) is 9.46. The fourth-order valence-corrected chi connectivity index (χ4v) is 5.59. The molecule has 0 radical (unpaired) electrons. The highest BCUT2D eigenvalue weighted by molar-refractivity contribution is 7.98. The second kappa shape index (κ2) is 8.41. The van der Waals surface area contributed by atoms with E-state index in [1.165, 1.54) is 64.7 Å². The van der Waals surface area contributed by atoms with Crippen LogP contribution in [0.4, 0.5) is 0 Å². The third kappa shape index (κ3) is 4.04. The van der Waals surface area contributed by atoms with Crippen molar-refractivity contribution in [3.05, 3.63) is 71.4 Å². The van der Waals surface area contributed by atoms with E-state index < -0.39 is 0 Å². The molecule has 1 aliphatic carbocycles. The molecule has 2 aliphatic rings. The van der Waals surface area contributed by atoms with E-state index in [4.69, 9.17) is 0 Å². The van der Waals surface area contributed by atoms with Crippen molar-refractivity contribution in [2.45, 2.75) is 49.5 Å². The van der Waals surface area contributed by atoms with Crippen molar-refractivity contribution < 1.29 is 0 Å². The van der Waals surface area contributed by atoms with Crippen LogP contribution in [0.15, 0.2) is 59.5 Å². The van der Waals surface area contributed by atoms with E-state index in [0.29, 0.717) is 6.04 Å². The predicted molar refractivity (Wildman–Crippen MR) is 126 cm³/mol. The SMILES string of the molecule is CSc1ccc2c3c([nH]c2c1)CCC(CCC1CC(c2ccccc2)=CCN1)C3. The zero-order valence-corrected chi connectivity index (χ0v) is 18.0. The number of thioether (sulfide) groups is 1. The van der Waals surface area contributed by atoms with Gasteiger partial charge in [-0.1, -0.05) is 42.5 Å². The summed E-state index contributed by atoms with van der Waals surface area (Å²) in [6.07, 6.45) is 12.1. The number of H-pyrrole nitrogens is 1. The van der Waals surface area contributed by atoms with Crippen LogP contribution in [0.3, 0.4) is 0 Å². The molecule has 0 saturated carbocycles. The van der Waals surface area contributed by atoms with Gasteiger partial charge in [-0.3, -0.25) is 0 Å². The minimum atomic E-state index is 0.615. The highest BCUT2D eigenvalue weighted by atomic mass is 32.2. The van der Waals surface area contributed by atoms with Crippen LogP contribution in [-0.4, -0.2) is 23.8 Å². The predicted octanol–water partition coefficient (Wildman–Crippen LogP) is 6.22. The molecule has 3 heteroatoms. The highest BCUT2D eigenvalue weighted by Gasteiger charge is 2.24. The summed E-state index contributed by atoms with van der Waals surface area (Å²) in [5.41, 5.74) is 7.31. The van der Waals surface area contributed by atoms with Gasteiger partial charge >= 0.3 is 0 Å². The average Bonchev–Trinajstić information content (AvgIpc) is 3.15. The van der Waals surface area contributed by atoms with Crippen molar-refractivity contribution in [2.75, 3.05) is 12.8 Å². The van der Waals surface area contributed by atoms with Gasteiger partial charge in [0.15, 0.2) is 0 Å². The molecule has 2 heterocycles. The summed E-state index contributed by atoms with van der Waals surface area (Å²) in [5, 5.41) is 5.18. The lowest BCUT2D eigenvalue weighted by Crippen LogP contribution is -2.33. The van der Waals surface area contributed by atoms with Crippen molar-refractivity contribution >= 4 is 28.2 Å². The summed E-state index contributed by atoms with van der Waals surface area (Å²) in [6, 6.07) is 18.4. The number of aromatic nitrogens is 1. The molecule has 0 amide bonds.